The van der Waals surface area contributed by atoms with E-state index in [1.165, 1.54) is 49.6 Å². The molecule has 3 heteroatoms. The van der Waals surface area contributed by atoms with E-state index in [1.807, 2.05) is 11.3 Å². The predicted molar refractivity (Wildman–Crippen MR) is 70.2 cm³/mol. The Bertz CT molecular complexity index is 313. The maximum absolute atomic E-state index is 4.72. The van der Waals surface area contributed by atoms with Gasteiger partial charge in [-0.2, -0.15) is 0 Å². The van der Waals surface area contributed by atoms with E-state index in [-0.39, 0.29) is 0 Å². The van der Waals surface area contributed by atoms with Gasteiger partial charge < -0.3 is 4.90 Å². The van der Waals surface area contributed by atoms with Gasteiger partial charge in [-0.25, -0.2) is 4.98 Å². The lowest BCUT2D eigenvalue weighted by Crippen LogP contribution is -2.33. The minimum absolute atomic E-state index is 0.735. The van der Waals surface area contributed by atoms with E-state index in [0.717, 1.165) is 12.3 Å². The number of aromatic nitrogens is 1. The second kappa shape index (κ2) is 5.78. The number of hydrogen-bond donors (Lipinski definition) is 0. The van der Waals surface area contributed by atoms with Crippen LogP contribution in [0.3, 0.4) is 0 Å². The first-order valence-corrected chi connectivity index (χ1v) is 7.38. The zero-order valence-corrected chi connectivity index (χ0v) is 11.2. The topological polar surface area (TPSA) is 16.1 Å². The molecule has 2 rings (SSSR count). The van der Waals surface area contributed by atoms with E-state index in [0.29, 0.717) is 0 Å². The summed E-state index contributed by atoms with van der Waals surface area (Å²) in [6.45, 7) is 8.24. The molecule has 0 N–H and O–H groups in total. The Kier molecular flexibility index (Phi) is 4.36. The smallest absolute Gasteiger partial charge is 0.0960 e. The Hall–Kier alpha value is -0.410. The van der Waals surface area contributed by atoms with Crippen LogP contribution in [0, 0.1) is 0 Å². The highest BCUT2D eigenvalue weighted by atomic mass is 32.1. The Balaban J connectivity index is 1.88. The number of nitrogens with zero attached hydrogens (tertiary/aromatic N) is 2. The molecule has 0 amide bonds. The molecule has 0 bridgehead atoms. The highest BCUT2D eigenvalue weighted by molar-refractivity contribution is 7.09. The Morgan fingerprint density at radius 1 is 1.38 bits per heavy atom. The largest absolute Gasteiger partial charge is 0.303 e. The SMILES string of the molecule is CCCN1CCC(c2nc(CC)cs2)CC1. The van der Waals surface area contributed by atoms with Gasteiger partial charge in [0.05, 0.1) is 10.7 Å². The molecule has 1 aromatic heterocycles. The van der Waals surface area contributed by atoms with Crippen LogP contribution in [-0.2, 0) is 6.42 Å². The second-order valence-corrected chi connectivity index (χ2v) is 5.54. The summed E-state index contributed by atoms with van der Waals surface area (Å²) in [5.74, 6) is 0.735. The average Bonchev–Trinajstić information content (AvgIpc) is 2.79. The van der Waals surface area contributed by atoms with Crippen molar-refractivity contribution in [3.05, 3.63) is 16.1 Å². The van der Waals surface area contributed by atoms with Crippen molar-refractivity contribution in [2.24, 2.45) is 0 Å². The minimum atomic E-state index is 0.735. The summed E-state index contributed by atoms with van der Waals surface area (Å²) >= 11 is 1.87. The number of aryl methyl sites for hydroxylation is 1. The number of likely N-dealkylation sites (tertiary alicyclic amines) is 1. The molecule has 90 valence electrons. The molecule has 0 radical (unpaired) electrons. The molecule has 16 heavy (non-hydrogen) atoms. The third kappa shape index (κ3) is 2.83. The number of thiazole rings is 1. The summed E-state index contributed by atoms with van der Waals surface area (Å²) in [6, 6.07) is 0. The molecule has 0 aliphatic carbocycles. The van der Waals surface area contributed by atoms with Crippen LogP contribution in [0.2, 0.25) is 0 Å². The van der Waals surface area contributed by atoms with E-state index in [2.05, 4.69) is 24.1 Å². The molecule has 1 aromatic rings. The van der Waals surface area contributed by atoms with Gasteiger partial charge in [-0.05, 0) is 45.3 Å². The average molecular weight is 238 g/mol. The van der Waals surface area contributed by atoms with Crippen molar-refractivity contribution < 1.29 is 0 Å². The van der Waals surface area contributed by atoms with Crippen LogP contribution in [0.1, 0.15) is 49.7 Å². The van der Waals surface area contributed by atoms with Crippen LogP contribution >= 0.6 is 11.3 Å². The van der Waals surface area contributed by atoms with Gasteiger partial charge in [-0.15, -0.1) is 11.3 Å². The number of piperidine rings is 1. The highest BCUT2D eigenvalue weighted by Gasteiger charge is 2.22. The van der Waals surface area contributed by atoms with Gasteiger partial charge in [-0.1, -0.05) is 13.8 Å². The fourth-order valence-electron chi connectivity index (χ4n) is 2.39. The number of hydrogen-bond acceptors (Lipinski definition) is 3. The van der Waals surface area contributed by atoms with Gasteiger partial charge in [0, 0.05) is 11.3 Å². The summed E-state index contributed by atoms with van der Waals surface area (Å²) in [5, 5.41) is 3.61. The van der Waals surface area contributed by atoms with Gasteiger partial charge in [-0.3, -0.25) is 0 Å². The predicted octanol–water partition coefficient (Wildman–Crippen LogP) is 3.29. The van der Waals surface area contributed by atoms with Gasteiger partial charge >= 0.3 is 0 Å². The minimum Gasteiger partial charge on any atom is -0.303 e. The molecule has 2 heterocycles. The van der Waals surface area contributed by atoms with E-state index >= 15 is 0 Å². The van der Waals surface area contributed by atoms with Gasteiger partial charge in [0.2, 0.25) is 0 Å². The summed E-state index contributed by atoms with van der Waals surface area (Å²) < 4.78 is 0. The third-order valence-corrected chi connectivity index (χ3v) is 4.46. The fourth-order valence-corrected chi connectivity index (χ4v) is 3.47. The van der Waals surface area contributed by atoms with Crippen molar-refractivity contribution in [3.63, 3.8) is 0 Å². The number of rotatable bonds is 4. The molecule has 0 spiro atoms. The molecule has 1 aliphatic heterocycles. The molecule has 2 nitrogen and oxygen atoms in total. The van der Waals surface area contributed by atoms with E-state index < -0.39 is 0 Å². The lowest BCUT2D eigenvalue weighted by atomic mass is 9.97. The molecular formula is C13H22N2S. The van der Waals surface area contributed by atoms with E-state index in [9.17, 15) is 0 Å². The molecule has 0 aromatic carbocycles. The fraction of sp³-hybridized carbons (Fsp3) is 0.769. The first kappa shape index (κ1) is 12.1. The molecular weight excluding hydrogens is 216 g/mol. The third-order valence-electron chi connectivity index (χ3n) is 3.41. The summed E-state index contributed by atoms with van der Waals surface area (Å²) in [7, 11) is 0. The molecule has 0 saturated carbocycles. The lowest BCUT2D eigenvalue weighted by molar-refractivity contribution is 0.212. The quantitative estimate of drug-likeness (QED) is 0.800. The maximum atomic E-state index is 4.72. The second-order valence-electron chi connectivity index (χ2n) is 4.65. The van der Waals surface area contributed by atoms with Gasteiger partial charge in [0.1, 0.15) is 0 Å². The molecule has 1 fully saturated rings. The maximum Gasteiger partial charge on any atom is 0.0960 e. The normalized spacial score (nSPS) is 19.1. The van der Waals surface area contributed by atoms with E-state index in [1.54, 1.807) is 0 Å². The van der Waals surface area contributed by atoms with Crippen LogP contribution in [0.15, 0.2) is 5.38 Å². The van der Waals surface area contributed by atoms with Gasteiger partial charge in [0.25, 0.3) is 0 Å². The van der Waals surface area contributed by atoms with Crippen molar-refractivity contribution >= 4 is 11.3 Å². The zero-order valence-electron chi connectivity index (χ0n) is 10.4. The van der Waals surface area contributed by atoms with Crippen molar-refractivity contribution in [2.75, 3.05) is 19.6 Å². The van der Waals surface area contributed by atoms with Crippen LogP contribution in [0.5, 0.6) is 0 Å². The molecule has 0 atom stereocenters. The standard InChI is InChI=1S/C13H22N2S/c1-3-7-15-8-5-11(6-9-15)13-14-12(4-2)10-16-13/h10-11H,3-9H2,1-2H3. The molecule has 1 aliphatic rings. The van der Waals surface area contributed by atoms with Crippen molar-refractivity contribution in [1.82, 2.24) is 9.88 Å². The Morgan fingerprint density at radius 3 is 2.69 bits per heavy atom. The summed E-state index contributed by atoms with van der Waals surface area (Å²) in [4.78, 5) is 7.31. The van der Waals surface area contributed by atoms with Crippen LogP contribution in [-0.4, -0.2) is 29.5 Å². The zero-order chi connectivity index (χ0) is 11.4. The Morgan fingerprint density at radius 2 is 2.12 bits per heavy atom. The van der Waals surface area contributed by atoms with Crippen molar-refractivity contribution in [2.45, 2.75) is 45.4 Å². The van der Waals surface area contributed by atoms with E-state index in [4.69, 9.17) is 4.98 Å². The van der Waals surface area contributed by atoms with Crippen LogP contribution < -0.4 is 0 Å². The first-order valence-electron chi connectivity index (χ1n) is 6.50. The van der Waals surface area contributed by atoms with Crippen LogP contribution in [0.25, 0.3) is 0 Å². The van der Waals surface area contributed by atoms with Crippen LogP contribution in [0.4, 0.5) is 0 Å². The monoisotopic (exact) mass is 238 g/mol. The molecule has 0 unspecified atom stereocenters. The molecule has 1 saturated heterocycles. The first-order chi connectivity index (χ1) is 7.83. The lowest BCUT2D eigenvalue weighted by Gasteiger charge is -2.30. The van der Waals surface area contributed by atoms with Gasteiger partial charge in [0.15, 0.2) is 0 Å². The van der Waals surface area contributed by atoms with Crippen molar-refractivity contribution in [1.29, 1.82) is 0 Å². The summed E-state index contributed by atoms with van der Waals surface area (Å²) in [5.41, 5.74) is 1.27. The summed E-state index contributed by atoms with van der Waals surface area (Å²) in [6.07, 6.45) is 4.96. The highest BCUT2D eigenvalue weighted by Crippen LogP contribution is 2.30. The van der Waals surface area contributed by atoms with Crippen molar-refractivity contribution in [3.8, 4) is 0 Å². The Labute approximate surface area is 103 Å².